The molecule has 0 saturated heterocycles. The zero-order valence-corrected chi connectivity index (χ0v) is 8.43. The molecule has 0 spiro atoms. The highest BCUT2D eigenvalue weighted by Gasteiger charge is 2.24. The minimum Gasteiger partial charge on any atom is -0.477 e. The fourth-order valence-corrected chi connectivity index (χ4v) is 1.35. The number of carboxylic acid groups (broad SMARTS) is 1. The Kier molecular flexibility index (Phi) is 3.20. The molecule has 0 atom stereocenters. The van der Waals surface area contributed by atoms with Crippen molar-refractivity contribution in [3.8, 4) is 6.07 Å². The van der Waals surface area contributed by atoms with Crippen molar-refractivity contribution in [1.29, 1.82) is 5.26 Å². The van der Waals surface area contributed by atoms with Gasteiger partial charge in [0.05, 0.1) is 10.5 Å². The lowest BCUT2D eigenvalue weighted by Gasteiger charge is -2.03. The van der Waals surface area contributed by atoms with Gasteiger partial charge in [0.1, 0.15) is 6.07 Å². The first-order valence-electron chi connectivity index (χ1n) is 4.46. The van der Waals surface area contributed by atoms with E-state index < -0.39 is 22.1 Å². The molecule has 0 aliphatic rings. The third-order valence-electron chi connectivity index (χ3n) is 2.12. The number of nitro benzene ring substituents is 1. The molecule has 0 unspecified atom stereocenters. The summed E-state index contributed by atoms with van der Waals surface area (Å²) in [6.07, 6.45) is 0.495. The lowest BCUT2D eigenvalue weighted by atomic mass is 10.0. The summed E-state index contributed by atoms with van der Waals surface area (Å²) in [4.78, 5) is 20.8. The Bertz CT molecular complexity index is 502. The Hall–Kier alpha value is -2.42. The van der Waals surface area contributed by atoms with Crippen LogP contribution in [0.15, 0.2) is 12.1 Å². The van der Waals surface area contributed by atoms with Gasteiger partial charge in [0.2, 0.25) is 0 Å². The highest BCUT2D eigenvalue weighted by atomic mass is 16.6. The summed E-state index contributed by atoms with van der Waals surface area (Å²) in [6, 6.07) is 4.20. The van der Waals surface area contributed by atoms with Gasteiger partial charge >= 0.3 is 5.97 Å². The molecule has 0 heterocycles. The fourth-order valence-electron chi connectivity index (χ4n) is 1.35. The molecule has 0 aliphatic heterocycles. The summed E-state index contributed by atoms with van der Waals surface area (Å²) < 4.78 is 0. The molecule has 0 saturated carbocycles. The fraction of sp³-hybridized carbons (Fsp3) is 0.200. The predicted octanol–water partition coefficient (Wildman–Crippen LogP) is 1.73. The van der Waals surface area contributed by atoms with E-state index in [1.54, 1.807) is 13.0 Å². The predicted molar refractivity (Wildman–Crippen MR) is 54.1 cm³/mol. The van der Waals surface area contributed by atoms with Gasteiger partial charge in [-0.15, -0.1) is 0 Å². The van der Waals surface area contributed by atoms with Crippen LogP contribution in [0.3, 0.4) is 0 Å². The van der Waals surface area contributed by atoms with Crippen molar-refractivity contribution >= 4 is 11.7 Å². The van der Waals surface area contributed by atoms with Crippen molar-refractivity contribution in [3.63, 3.8) is 0 Å². The summed E-state index contributed by atoms with van der Waals surface area (Å²) >= 11 is 0. The topological polar surface area (TPSA) is 104 Å². The van der Waals surface area contributed by atoms with Crippen LogP contribution in [0.4, 0.5) is 5.69 Å². The Balaban J connectivity index is 3.62. The summed E-state index contributed by atoms with van der Waals surface area (Å²) in [5.41, 5.74) is -0.708. The summed E-state index contributed by atoms with van der Waals surface area (Å²) in [6.45, 7) is 1.76. The Morgan fingerprint density at radius 1 is 1.62 bits per heavy atom. The molecular formula is C10H8N2O4. The van der Waals surface area contributed by atoms with Crippen molar-refractivity contribution in [2.75, 3.05) is 0 Å². The number of carbonyl (C=O) groups is 1. The van der Waals surface area contributed by atoms with E-state index in [-0.39, 0.29) is 5.56 Å². The Morgan fingerprint density at radius 3 is 2.62 bits per heavy atom. The van der Waals surface area contributed by atoms with E-state index in [0.717, 1.165) is 0 Å². The van der Waals surface area contributed by atoms with Gasteiger partial charge < -0.3 is 5.11 Å². The molecule has 6 nitrogen and oxygen atoms in total. The lowest BCUT2D eigenvalue weighted by Crippen LogP contribution is -2.06. The number of carboxylic acids is 1. The van der Waals surface area contributed by atoms with Crippen LogP contribution in [0.5, 0.6) is 0 Å². The van der Waals surface area contributed by atoms with Crippen molar-refractivity contribution < 1.29 is 14.8 Å². The van der Waals surface area contributed by atoms with Crippen LogP contribution in [0.2, 0.25) is 0 Å². The first-order chi connectivity index (χ1) is 7.51. The van der Waals surface area contributed by atoms with Crippen LogP contribution in [-0.2, 0) is 6.42 Å². The zero-order chi connectivity index (χ0) is 12.3. The van der Waals surface area contributed by atoms with Crippen molar-refractivity contribution in [2.45, 2.75) is 13.3 Å². The van der Waals surface area contributed by atoms with E-state index in [9.17, 15) is 14.9 Å². The monoisotopic (exact) mass is 220 g/mol. The first kappa shape index (κ1) is 11.7. The number of rotatable bonds is 3. The number of nitriles is 1. The average molecular weight is 220 g/mol. The van der Waals surface area contributed by atoms with Crippen LogP contribution >= 0.6 is 0 Å². The van der Waals surface area contributed by atoms with E-state index in [1.807, 2.05) is 0 Å². The minimum absolute atomic E-state index is 0.182. The molecule has 0 amide bonds. The second-order valence-corrected chi connectivity index (χ2v) is 3.07. The molecule has 16 heavy (non-hydrogen) atoms. The van der Waals surface area contributed by atoms with Crippen LogP contribution in [0.25, 0.3) is 0 Å². The number of aryl methyl sites for hydroxylation is 1. The second-order valence-electron chi connectivity index (χ2n) is 3.07. The third-order valence-corrected chi connectivity index (χ3v) is 2.12. The van der Waals surface area contributed by atoms with Gasteiger partial charge in [0, 0.05) is 6.07 Å². The maximum absolute atomic E-state index is 10.8. The smallest absolute Gasteiger partial charge is 0.344 e. The van der Waals surface area contributed by atoms with Crippen LogP contribution in [0.1, 0.15) is 28.4 Å². The highest BCUT2D eigenvalue weighted by molar-refractivity contribution is 5.95. The number of hydrogen-bond donors (Lipinski definition) is 1. The van der Waals surface area contributed by atoms with Gasteiger partial charge in [0.15, 0.2) is 5.56 Å². The Morgan fingerprint density at radius 2 is 2.25 bits per heavy atom. The summed E-state index contributed by atoms with van der Waals surface area (Å²) in [7, 11) is 0. The van der Waals surface area contributed by atoms with Crippen LogP contribution < -0.4 is 0 Å². The van der Waals surface area contributed by atoms with Gasteiger partial charge in [-0.1, -0.05) is 6.92 Å². The highest BCUT2D eigenvalue weighted by Crippen LogP contribution is 2.24. The molecule has 1 aromatic carbocycles. The number of nitrogens with zero attached hydrogens (tertiary/aromatic N) is 2. The maximum Gasteiger partial charge on any atom is 0.344 e. The second kappa shape index (κ2) is 4.40. The van der Waals surface area contributed by atoms with Crippen molar-refractivity contribution in [1.82, 2.24) is 0 Å². The van der Waals surface area contributed by atoms with Gasteiger partial charge in [-0.05, 0) is 18.1 Å². The molecule has 1 aromatic rings. The molecule has 0 bridgehead atoms. The average Bonchev–Trinajstić information content (AvgIpc) is 2.26. The SMILES string of the molecule is CCc1cc(C#N)c(C(=O)O)c([N+](=O)[O-])c1. The number of aromatic carboxylic acids is 1. The molecule has 0 fully saturated rings. The number of benzene rings is 1. The largest absolute Gasteiger partial charge is 0.477 e. The molecule has 0 aromatic heterocycles. The van der Waals surface area contributed by atoms with Gasteiger partial charge in [0.25, 0.3) is 5.69 Å². The first-order valence-corrected chi connectivity index (χ1v) is 4.46. The van der Waals surface area contributed by atoms with Gasteiger partial charge in [-0.25, -0.2) is 4.79 Å². The van der Waals surface area contributed by atoms with E-state index in [1.165, 1.54) is 12.1 Å². The van der Waals surface area contributed by atoms with Crippen molar-refractivity contribution in [2.24, 2.45) is 0 Å². The van der Waals surface area contributed by atoms with Crippen molar-refractivity contribution in [3.05, 3.63) is 38.9 Å². The quantitative estimate of drug-likeness (QED) is 0.616. The number of nitro groups is 1. The standard InChI is InChI=1S/C10H8N2O4/c1-2-6-3-7(5-11)9(10(13)14)8(4-6)12(15)16/h3-4H,2H2,1H3,(H,13,14). The van der Waals surface area contributed by atoms with E-state index >= 15 is 0 Å². The van der Waals surface area contributed by atoms with E-state index in [2.05, 4.69) is 0 Å². The normalized spacial score (nSPS) is 9.50. The summed E-state index contributed by atoms with van der Waals surface area (Å²) in [5, 5.41) is 28.3. The molecule has 6 heteroatoms. The molecule has 1 rings (SSSR count). The van der Waals surface area contributed by atoms with Crippen LogP contribution in [-0.4, -0.2) is 16.0 Å². The molecule has 1 N–H and O–H groups in total. The molecule has 0 aliphatic carbocycles. The van der Waals surface area contributed by atoms with Gasteiger partial charge in [-0.3, -0.25) is 10.1 Å². The molecule has 82 valence electrons. The zero-order valence-electron chi connectivity index (χ0n) is 8.43. The van der Waals surface area contributed by atoms with Gasteiger partial charge in [-0.2, -0.15) is 5.26 Å². The summed E-state index contributed by atoms with van der Waals surface area (Å²) in [5.74, 6) is -1.47. The third kappa shape index (κ3) is 1.98. The Labute approximate surface area is 90.9 Å². The molecule has 0 radical (unpaired) electrons. The number of hydrogen-bond acceptors (Lipinski definition) is 4. The maximum atomic E-state index is 10.8. The lowest BCUT2D eigenvalue weighted by molar-refractivity contribution is -0.385. The van der Waals surface area contributed by atoms with E-state index in [4.69, 9.17) is 10.4 Å². The van der Waals surface area contributed by atoms with E-state index in [0.29, 0.717) is 12.0 Å². The van der Waals surface area contributed by atoms with Crippen LogP contribution in [0, 0.1) is 21.4 Å². The molecular weight excluding hydrogens is 212 g/mol. The minimum atomic E-state index is -1.47.